The Morgan fingerprint density at radius 2 is 1.66 bits per heavy atom. The van der Waals surface area contributed by atoms with Crippen molar-refractivity contribution < 1.29 is 18.0 Å². The number of benzene rings is 2. The van der Waals surface area contributed by atoms with Crippen molar-refractivity contribution in [1.29, 1.82) is 0 Å². The molecule has 32 heavy (non-hydrogen) atoms. The van der Waals surface area contributed by atoms with Crippen LogP contribution in [0.15, 0.2) is 59.5 Å². The van der Waals surface area contributed by atoms with Gasteiger partial charge in [-0.15, -0.1) is 0 Å². The number of sulfonamides is 1. The number of carbonyl (C=O) groups is 2. The maximum atomic E-state index is 12.9. The van der Waals surface area contributed by atoms with Crippen molar-refractivity contribution in [3.05, 3.63) is 60.2 Å². The van der Waals surface area contributed by atoms with E-state index in [-0.39, 0.29) is 29.7 Å². The summed E-state index contributed by atoms with van der Waals surface area (Å²) in [5.74, 6) is -0.725. The molecule has 0 bridgehead atoms. The molecule has 0 radical (unpaired) electrons. The molecule has 1 aliphatic rings. The Balaban J connectivity index is 1.65. The summed E-state index contributed by atoms with van der Waals surface area (Å²) in [5.41, 5.74) is 1.60. The number of nitrogens with one attached hydrogen (secondary N) is 1. The largest absolute Gasteiger partial charge is 0.352 e. The Kier molecular flexibility index (Phi) is 8.04. The van der Waals surface area contributed by atoms with Gasteiger partial charge in [0.05, 0.1) is 10.8 Å². The van der Waals surface area contributed by atoms with Crippen LogP contribution < -0.4 is 10.2 Å². The molecule has 3 rings (SSSR count). The summed E-state index contributed by atoms with van der Waals surface area (Å²) in [4.78, 5) is 26.9. The van der Waals surface area contributed by atoms with Crippen LogP contribution in [0.1, 0.15) is 38.7 Å². The van der Waals surface area contributed by atoms with Gasteiger partial charge in [0.1, 0.15) is 0 Å². The van der Waals surface area contributed by atoms with E-state index in [0.717, 1.165) is 18.4 Å². The van der Waals surface area contributed by atoms with E-state index < -0.39 is 15.9 Å². The van der Waals surface area contributed by atoms with Gasteiger partial charge in [0.15, 0.2) is 0 Å². The molecule has 2 aromatic carbocycles. The summed E-state index contributed by atoms with van der Waals surface area (Å²) in [6, 6.07) is 16.0. The highest BCUT2D eigenvalue weighted by molar-refractivity contribution is 7.89. The van der Waals surface area contributed by atoms with Crippen LogP contribution >= 0.6 is 0 Å². The van der Waals surface area contributed by atoms with Gasteiger partial charge in [-0.05, 0) is 42.7 Å². The predicted molar refractivity (Wildman–Crippen MR) is 125 cm³/mol. The Labute approximate surface area is 190 Å². The van der Waals surface area contributed by atoms with E-state index in [1.54, 1.807) is 29.2 Å². The van der Waals surface area contributed by atoms with Crippen LogP contribution in [-0.4, -0.2) is 44.2 Å². The maximum Gasteiger partial charge on any atom is 0.243 e. The topological polar surface area (TPSA) is 86.8 Å². The zero-order chi connectivity index (χ0) is 23.1. The van der Waals surface area contributed by atoms with Crippen LogP contribution in [0.3, 0.4) is 0 Å². The summed E-state index contributed by atoms with van der Waals surface area (Å²) < 4.78 is 27.4. The third-order valence-corrected chi connectivity index (χ3v) is 7.45. The van der Waals surface area contributed by atoms with Crippen molar-refractivity contribution >= 4 is 27.5 Å². The van der Waals surface area contributed by atoms with Gasteiger partial charge in [-0.1, -0.05) is 44.2 Å². The number of amides is 2. The maximum absolute atomic E-state index is 12.9. The Morgan fingerprint density at radius 3 is 2.25 bits per heavy atom. The summed E-state index contributed by atoms with van der Waals surface area (Å²) >= 11 is 0. The SMILES string of the molecule is CCCN(CCC)S(=O)(=O)c1ccc(N2C[C@@H](C(=O)NCc3ccccc3)CC2=O)cc1. The monoisotopic (exact) mass is 457 g/mol. The first kappa shape index (κ1) is 23.9. The van der Waals surface area contributed by atoms with E-state index >= 15 is 0 Å². The lowest BCUT2D eigenvalue weighted by Crippen LogP contribution is -2.33. The second-order valence-electron chi connectivity index (χ2n) is 8.01. The highest BCUT2D eigenvalue weighted by atomic mass is 32.2. The smallest absolute Gasteiger partial charge is 0.243 e. The summed E-state index contributed by atoms with van der Waals surface area (Å²) in [6.45, 7) is 5.55. The quantitative estimate of drug-likeness (QED) is 0.594. The second-order valence-corrected chi connectivity index (χ2v) is 9.94. The Morgan fingerprint density at radius 1 is 1.03 bits per heavy atom. The van der Waals surface area contributed by atoms with E-state index in [0.29, 0.717) is 25.3 Å². The van der Waals surface area contributed by atoms with Crippen molar-refractivity contribution in [2.24, 2.45) is 5.92 Å². The molecule has 0 aliphatic carbocycles. The van der Waals surface area contributed by atoms with Crippen molar-refractivity contribution in [3.63, 3.8) is 0 Å². The Bertz CT molecular complexity index is 1020. The Hall–Kier alpha value is -2.71. The molecular weight excluding hydrogens is 426 g/mol. The van der Waals surface area contributed by atoms with Crippen LogP contribution in [0.2, 0.25) is 0 Å². The van der Waals surface area contributed by atoms with Gasteiger partial charge in [0, 0.05) is 38.3 Å². The van der Waals surface area contributed by atoms with E-state index in [9.17, 15) is 18.0 Å². The average molecular weight is 458 g/mol. The van der Waals surface area contributed by atoms with Gasteiger partial charge in [-0.25, -0.2) is 8.42 Å². The highest BCUT2D eigenvalue weighted by Gasteiger charge is 2.35. The third-order valence-electron chi connectivity index (χ3n) is 5.54. The van der Waals surface area contributed by atoms with Gasteiger partial charge in [0.25, 0.3) is 0 Å². The normalized spacial score (nSPS) is 16.5. The fraction of sp³-hybridized carbons (Fsp3) is 0.417. The molecule has 0 unspecified atom stereocenters. The highest BCUT2D eigenvalue weighted by Crippen LogP contribution is 2.27. The van der Waals surface area contributed by atoms with E-state index in [1.165, 1.54) is 4.31 Å². The number of rotatable bonds is 10. The molecular formula is C24H31N3O4S. The molecule has 0 aromatic heterocycles. The zero-order valence-corrected chi connectivity index (χ0v) is 19.5. The summed E-state index contributed by atoms with van der Waals surface area (Å²) in [6.07, 6.45) is 1.63. The van der Waals surface area contributed by atoms with Gasteiger partial charge in [-0.3, -0.25) is 9.59 Å². The predicted octanol–water partition coefficient (Wildman–Crippen LogP) is 3.17. The number of nitrogens with zero attached hydrogens (tertiary/aromatic N) is 2. The molecule has 0 saturated carbocycles. The fourth-order valence-corrected chi connectivity index (χ4v) is 5.48. The number of anilines is 1. The number of carbonyl (C=O) groups excluding carboxylic acids is 2. The molecule has 1 fully saturated rings. The minimum Gasteiger partial charge on any atom is -0.352 e. The molecule has 7 nitrogen and oxygen atoms in total. The fourth-order valence-electron chi connectivity index (χ4n) is 3.86. The molecule has 1 aliphatic heterocycles. The molecule has 8 heteroatoms. The van der Waals surface area contributed by atoms with Crippen LogP contribution in [0.4, 0.5) is 5.69 Å². The molecule has 2 amide bonds. The molecule has 1 saturated heterocycles. The molecule has 1 N–H and O–H groups in total. The molecule has 1 heterocycles. The van der Waals surface area contributed by atoms with E-state index in [1.807, 2.05) is 44.2 Å². The molecule has 1 atom stereocenters. The number of hydrogen-bond acceptors (Lipinski definition) is 4. The van der Waals surface area contributed by atoms with Gasteiger partial charge >= 0.3 is 0 Å². The van der Waals surface area contributed by atoms with Crippen molar-refractivity contribution in [2.45, 2.75) is 44.6 Å². The van der Waals surface area contributed by atoms with Crippen LogP contribution in [0, 0.1) is 5.92 Å². The lowest BCUT2D eigenvalue weighted by molar-refractivity contribution is -0.126. The summed E-state index contributed by atoms with van der Waals surface area (Å²) in [5, 5.41) is 2.90. The van der Waals surface area contributed by atoms with Crippen LogP contribution in [0.25, 0.3) is 0 Å². The van der Waals surface area contributed by atoms with Gasteiger partial charge in [0.2, 0.25) is 21.8 Å². The minimum atomic E-state index is -3.57. The third kappa shape index (κ3) is 5.55. The lowest BCUT2D eigenvalue weighted by Gasteiger charge is -2.22. The van der Waals surface area contributed by atoms with E-state index in [2.05, 4.69) is 5.32 Å². The standard InChI is InChI=1S/C24H31N3O4S/c1-3-14-26(15-4-2)32(30,31)22-12-10-21(11-13-22)27-18-20(16-23(27)28)24(29)25-17-19-8-6-5-7-9-19/h5-13,20H,3-4,14-18H2,1-2H3,(H,25,29)/t20-/m0/s1. The minimum absolute atomic E-state index is 0.140. The summed E-state index contributed by atoms with van der Waals surface area (Å²) in [7, 11) is -3.57. The first-order valence-electron chi connectivity index (χ1n) is 11.1. The number of hydrogen-bond donors (Lipinski definition) is 1. The van der Waals surface area contributed by atoms with Crippen molar-refractivity contribution in [1.82, 2.24) is 9.62 Å². The molecule has 2 aromatic rings. The zero-order valence-electron chi connectivity index (χ0n) is 18.7. The first-order chi connectivity index (χ1) is 15.4. The first-order valence-corrected chi connectivity index (χ1v) is 12.5. The van der Waals surface area contributed by atoms with Gasteiger partial charge in [-0.2, -0.15) is 4.31 Å². The average Bonchev–Trinajstić information content (AvgIpc) is 3.20. The molecule has 172 valence electrons. The van der Waals surface area contributed by atoms with E-state index in [4.69, 9.17) is 0 Å². The van der Waals surface area contributed by atoms with Crippen LogP contribution in [-0.2, 0) is 26.2 Å². The van der Waals surface area contributed by atoms with Gasteiger partial charge < -0.3 is 10.2 Å². The lowest BCUT2D eigenvalue weighted by atomic mass is 10.1. The van der Waals surface area contributed by atoms with Crippen LogP contribution in [0.5, 0.6) is 0 Å². The van der Waals surface area contributed by atoms with Crippen molar-refractivity contribution in [3.8, 4) is 0 Å². The second kappa shape index (κ2) is 10.7. The van der Waals surface area contributed by atoms with Crippen molar-refractivity contribution in [2.75, 3.05) is 24.5 Å². The molecule has 0 spiro atoms.